The molecule has 1 aromatic carbocycles. The summed E-state index contributed by atoms with van der Waals surface area (Å²) in [6.45, 7) is 0.960. The summed E-state index contributed by atoms with van der Waals surface area (Å²) in [5.41, 5.74) is 6.87. The van der Waals surface area contributed by atoms with E-state index in [9.17, 15) is 18.0 Å². The zero-order chi connectivity index (χ0) is 15.2. The summed E-state index contributed by atoms with van der Waals surface area (Å²) in [6, 6.07) is 6.93. The Morgan fingerprint density at radius 3 is 2.75 bits per heavy atom. The van der Waals surface area contributed by atoms with Gasteiger partial charge in [-0.2, -0.15) is 13.2 Å². The summed E-state index contributed by atoms with van der Waals surface area (Å²) in [6.07, 6.45) is -6.44. The molecule has 7 heteroatoms. The number of nitrogens with one attached hydrogen (secondary N) is 1. The van der Waals surface area contributed by atoms with Crippen LogP contribution >= 0.6 is 0 Å². The molecule has 1 amide bonds. The normalized spacial score (nSPS) is 13.1. The Morgan fingerprint density at radius 1 is 1.45 bits per heavy atom. The number of halogens is 3. The lowest BCUT2D eigenvalue weighted by atomic mass is 10.2. The van der Waals surface area contributed by atoms with Crippen LogP contribution in [0.5, 0.6) is 0 Å². The minimum Gasteiger partial charge on any atom is -0.369 e. The van der Waals surface area contributed by atoms with Gasteiger partial charge in [0, 0.05) is 12.2 Å². The number of carbonyl (C=O) groups excluding carboxylic acids is 1. The second-order valence-corrected chi connectivity index (χ2v) is 4.26. The van der Waals surface area contributed by atoms with Gasteiger partial charge in [-0.3, -0.25) is 4.79 Å². The first-order valence-electron chi connectivity index (χ1n) is 6.10. The smallest absolute Gasteiger partial charge is 0.369 e. The third-order valence-electron chi connectivity index (χ3n) is 2.60. The van der Waals surface area contributed by atoms with Gasteiger partial charge in [-0.05, 0) is 24.6 Å². The topological polar surface area (TPSA) is 64.3 Å². The Kier molecular flexibility index (Phi) is 5.97. The SMILES string of the molecule is CC(OCCC(=O)Nc1cccc(CN)c1)C(F)(F)F. The lowest BCUT2D eigenvalue weighted by Crippen LogP contribution is -2.29. The first-order valence-corrected chi connectivity index (χ1v) is 6.10. The number of carbonyl (C=O) groups is 1. The molecule has 1 aromatic rings. The monoisotopic (exact) mass is 290 g/mol. The molecule has 0 aliphatic rings. The number of hydrogen-bond acceptors (Lipinski definition) is 3. The molecule has 1 rings (SSSR count). The molecule has 112 valence electrons. The van der Waals surface area contributed by atoms with Crippen molar-refractivity contribution in [2.45, 2.75) is 32.2 Å². The predicted molar refractivity (Wildman–Crippen MR) is 69.0 cm³/mol. The van der Waals surface area contributed by atoms with Gasteiger partial charge in [0.2, 0.25) is 5.91 Å². The molecule has 0 spiro atoms. The van der Waals surface area contributed by atoms with E-state index < -0.39 is 18.2 Å². The minimum atomic E-state index is -4.41. The van der Waals surface area contributed by atoms with Gasteiger partial charge >= 0.3 is 6.18 Å². The van der Waals surface area contributed by atoms with Crippen molar-refractivity contribution in [3.8, 4) is 0 Å². The Bertz CT molecular complexity index is 449. The highest BCUT2D eigenvalue weighted by molar-refractivity contribution is 5.90. The van der Waals surface area contributed by atoms with E-state index in [2.05, 4.69) is 10.1 Å². The molecule has 1 atom stereocenters. The summed E-state index contributed by atoms with van der Waals surface area (Å²) in [5, 5.41) is 2.57. The number of amides is 1. The standard InChI is InChI=1S/C13H17F3N2O2/c1-9(13(14,15)16)20-6-5-12(19)18-11-4-2-3-10(7-11)8-17/h2-4,7,9H,5-6,8,17H2,1H3,(H,18,19). The van der Waals surface area contributed by atoms with Crippen molar-refractivity contribution in [2.24, 2.45) is 5.73 Å². The molecule has 20 heavy (non-hydrogen) atoms. The highest BCUT2D eigenvalue weighted by Crippen LogP contribution is 2.22. The van der Waals surface area contributed by atoms with Gasteiger partial charge < -0.3 is 15.8 Å². The van der Waals surface area contributed by atoms with E-state index in [-0.39, 0.29) is 13.0 Å². The minimum absolute atomic E-state index is 0.146. The van der Waals surface area contributed by atoms with Crippen LogP contribution in [0.3, 0.4) is 0 Å². The van der Waals surface area contributed by atoms with Gasteiger partial charge in [-0.1, -0.05) is 12.1 Å². The van der Waals surface area contributed by atoms with Crippen LogP contribution in [-0.4, -0.2) is 24.8 Å². The van der Waals surface area contributed by atoms with E-state index in [0.29, 0.717) is 12.2 Å². The lowest BCUT2D eigenvalue weighted by molar-refractivity contribution is -0.214. The number of alkyl halides is 3. The van der Waals surface area contributed by atoms with Gasteiger partial charge in [-0.25, -0.2) is 0 Å². The number of rotatable bonds is 6. The summed E-state index contributed by atoms with van der Waals surface area (Å²) in [7, 11) is 0. The lowest BCUT2D eigenvalue weighted by Gasteiger charge is -2.16. The zero-order valence-corrected chi connectivity index (χ0v) is 11.0. The van der Waals surface area contributed by atoms with Crippen LogP contribution in [0.15, 0.2) is 24.3 Å². The van der Waals surface area contributed by atoms with E-state index in [4.69, 9.17) is 5.73 Å². The molecule has 0 aliphatic heterocycles. The molecule has 0 aliphatic carbocycles. The van der Waals surface area contributed by atoms with E-state index in [1.54, 1.807) is 18.2 Å². The second-order valence-electron chi connectivity index (χ2n) is 4.26. The van der Waals surface area contributed by atoms with E-state index in [1.165, 1.54) is 0 Å². The van der Waals surface area contributed by atoms with Gasteiger partial charge in [0.1, 0.15) is 0 Å². The maximum Gasteiger partial charge on any atom is 0.414 e. The predicted octanol–water partition coefficient (Wildman–Crippen LogP) is 2.44. The molecule has 3 N–H and O–H groups in total. The fourth-order valence-corrected chi connectivity index (χ4v) is 1.42. The Balaban J connectivity index is 2.37. The van der Waals surface area contributed by atoms with Gasteiger partial charge in [0.05, 0.1) is 13.0 Å². The average molecular weight is 290 g/mol. The molecule has 1 unspecified atom stereocenters. The van der Waals surface area contributed by atoms with Crippen molar-refractivity contribution >= 4 is 11.6 Å². The van der Waals surface area contributed by atoms with Crippen LogP contribution in [-0.2, 0) is 16.1 Å². The van der Waals surface area contributed by atoms with Gasteiger partial charge in [-0.15, -0.1) is 0 Å². The largest absolute Gasteiger partial charge is 0.414 e. The zero-order valence-electron chi connectivity index (χ0n) is 11.0. The van der Waals surface area contributed by atoms with Crippen molar-refractivity contribution in [2.75, 3.05) is 11.9 Å². The third-order valence-corrected chi connectivity index (χ3v) is 2.60. The third kappa shape index (κ3) is 5.58. The Hall–Kier alpha value is -1.60. The van der Waals surface area contributed by atoms with Gasteiger partial charge in [0.25, 0.3) is 0 Å². The molecule has 0 heterocycles. The number of ether oxygens (including phenoxy) is 1. The molecule has 0 fully saturated rings. The molecule has 0 saturated carbocycles. The average Bonchev–Trinajstić information content (AvgIpc) is 2.37. The highest BCUT2D eigenvalue weighted by atomic mass is 19.4. The van der Waals surface area contributed by atoms with E-state index in [1.807, 2.05) is 6.07 Å². The molecule has 0 radical (unpaired) electrons. The number of benzene rings is 1. The summed E-state index contributed by atoms with van der Waals surface area (Å²) >= 11 is 0. The fourth-order valence-electron chi connectivity index (χ4n) is 1.42. The van der Waals surface area contributed by atoms with Crippen LogP contribution in [0.2, 0.25) is 0 Å². The van der Waals surface area contributed by atoms with E-state index in [0.717, 1.165) is 12.5 Å². The van der Waals surface area contributed by atoms with Crippen molar-refractivity contribution in [3.63, 3.8) is 0 Å². The van der Waals surface area contributed by atoms with Crippen molar-refractivity contribution in [1.29, 1.82) is 0 Å². The van der Waals surface area contributed by atoms with Crippen LogP contribution in [0, 0.1) is 0 Å². The molecule has 4 nitrogen and oxygen atoms in total. The second kappa shape index (κ2) is 7.25. The molecular formula is C13H17F3N2O2. The van der Waals surface area contributed by atoms with Crippen molar-refractivity contribution in [3.05, 3.63) is 29.8 Å². The Labute approximate surface area is 115 Å². The Morgan fingerprint density at radius 2 is 2.15 bits per heavy atom. The van der Waals surface area contributed by atoms with Crippen LogP contribution in [0.1, 0.15) is 18.9 Å². The fraction of sp³-hybridized carbons (Fsp3) is 0.462. The highest BCUT2D eigenvalue weighted by Gasteiger charge is 2.36. The molecule has 0 aromatic heterocycles. The summed E-state index contributed by atoms with van der Waals surface area (Å²) in [5.74, 6) is -0.409. The number of nitrogens with two attached hydrogens (primary N) is 1. The molecule has 0 saturated heterocycles. The first-order chi connectivity index (χ1) is 9.32. The van der Waals surface area contributed by atoms with Gasteiger partial charge in [0.15, 0.2) is 6.10 Å². The molecule has 0 bridgehead atoms. The van der Waals surface area contributed by atoms with Crippen LogP contribution in [0.25, 0.3) is 0 Å². The first kappa shape index (κ1) is 16.5. The van der Waals surface area contributed by atoms with E-state index >= 15 is 0 Å². The number of hydrogen-bond donors (Lipinski definition) is 2. The van der Waals surface area contributed by atoms with Crippen molar-refractivity contribution < 1.29 is 22.7 Å². The summed E-state index contributed by atoms with van der Waals surface area (Å²) < 4.78 is 41.1. The van der Waals surface area contributed by atoms with Crippen LogP contribution in [0.4, 0.5) is 18.9 Å². The number of anilines is 1. The maximum atomic E-state index is 12.2. The van der Waals surface area contributed by atoms with Crippen molar-refractivity contribution in [1.82, 2.24) is 0 Å². The molecular weight excluding hydrogens is 273 g/mol. The van der Waals surface area contributed by atoms with Crippen LogP contribution < -0.4 is 11.1 Å². The summed E-state index contributed by atoms with van der Waals surface area (Å²) in [4.78, 5) is 11.5. The maximum absolute atomic E-state index is 12.2. The quantitative estimate of drug-likeness (QED) is 0.845.